The Bertz CT molecular complexity index is 750. The first-order chi connectivity index (χ1) is 9.65. The van der Waals surface area contributed by atoms with Crippen molar-refractivity contribution < 1.29 is 0 Å². The zero-order valence-electron chi connectivity index (χ0n) is 10.9. The van der Waals surface area contributed by atoms with Gasteiger partial charge in [-0.05, 0) is 48.5 Å². The number of tetrazole rings is 1. The molecular formula is C13H11BrN6. The van der Waals surface area contributed by atoms with Crippen LogP contribution in [-0.2, 0) is 0 Å². The Balaban J connectivity index is 2.12. The molecule has 0 saturated carbocycles. The Morgan fingerprint density at radius 2 is 1.85 bits per heavy atom. The zero-order chi connectivity index (χ0) is 14.1. The number of benzene rings is 1. The highest BCUT2D eigenvalue weighted by Crippen LogP contribution is 2.22. The van der Waals surface area contributed by atoms with Crippen molar-refractivity contribution in [1.29, 1.82) is 0 Å². The molecule has 0 unspecified atom stereocenters. The number of rotatable bonds is 2. The molecule has 100 valence electrons. The SMILES string of the molecule is Cc1ncc(-c2nnnn2-c2ccc(Br)cc2)c(C)n1. The maximum Gasteiger partial charge on any atom is 0.190 e. The molecule has 0 N–H and O–H groups in total. The summed E-state index contributed by atoms with van der Waals surface area (Å²) in [6.45, 7) is 3.78. The first kappa shape index (κ1) is 12.9. The fourth-order valence-electron chi connectivity index (χ4n) is 1.91. The van der Waals surface area contributed by atoms with Crippen molar-refractivity contribution in [3.05, 3.63) is 46.5 Å². The first-order valence-corrected chi connectivity index (χ1v) is 6.79. The van der Waals surface area contributed by atoms with Gasteiger partial charge in [0.1, 0.15) is 5.82 Å². The Morgan fingerprint density at radius 1 is 1.10 bits per heavy atom. The van der Waals surface area contributed by atoms with Crippen LogP contribution in [0.4, 0.5) is 0 Å². The summed E-state index contributed by atoms with van der Waals surface area (Å²) in [5, 5.41) is 11.9. The van der Waals surface area contributed by atoms with Gasteiger partial charge in [0.15, 0.2) is 5.82 Å². The van der Waals surface area contributed by atoms with Gasteiger partial charge >= 0.3 is 0 Å². The lowest BCUT2D eigenvalue weighted by Gasteiger charge is -2.06. The van der Waals surface area contributed by atoms with Crippen molar-refractivity contribution in [2.75, 3.05) is 0 Å². The molecule has 0 saturated heterocycles. The Kier molecular flexibility index (Phi) is 3.27. The van der Waals surface area contributed by atoms with Crippen molar-refractivity contribution in [2.45, 2.75) is 13.8 Å². The van der Waals surface area contributed by atoms with Crippen LogP contribution in [0.3, 0.4) is 0 Å². The Hall–Kier alpha value is -2.15. The molecule has 0 radical (unpaired) electrons. The highest BCUT2D eigenvalue weighted by Gasteiger charge is 2.14. The highest BCUT2D eigenvalue weighted by atomic mass is 79.9. The Labute approximate surface area is 124 Å². The summed E-state index contributed by atoms with van der Waals surface area (Å²) >= 11 is 3.41. The van der Waals surface area contributed by atoms with Gasteiger partial charge in [-0.3, -0.25) is 0 Å². The van der Waals surface area contributed by atoms with E-state index in [1.54, 1.807) is 10.9 Å². The lowest BCUT2D eigenvalue weighted by atomic mass is 10.2. The van der Waals surface area contributed by atoms with Gasteiger partial charge in [0.2, 0.25) is 0 Å². The topological polar surface area (TPSA) is 69.4 Å². The molecule has 3 aromatic rings. The van der Waals surface area contributed by atoms with Gasteiger partial charge in [-0.15, -0.1) is 5.10 Å². The summed E-state index contributed by atoms with van der Waals surface area (Å²) in [6.07, 6.45) is 1.75. The fraction of sp³-hybridized carbons (Fsp3) is 0.154. The van der Waals surface area contributed by atoms with E-state index in [1.807, 2.05) is 38.1 Å². The molecule has 0 amide bonds. The van der Waals surface area contributed by atoms with Gasteiger partial charge in [0.25, 0.3) is 0 Å². The fourth-order valence-corrected chi connectivity index (χ4v) is 2.18. The van der Waals surface area contributed by atoms with Crippen LogP contribution in [-0.4, -0.2) is 30.2 Å². The molecule has 2 aromatic heterocycles. The van der Waals surface area contributed by atoms with E-state index in [-0.39, 0.29) is 0 Å². The molecule has 0 aliphatic carbocycles. The second-order valence-electron chi connectivity index (χ2n) is 4.31. The van der Waals surface area contributed by atoms with Crippen molar-refractivity contribution in [3.63, 3.8) is 0 Å². The lowest BCUT2D eigenvalue weighted by Crippen LogP contribution is -2.02. The van der Waals surface area contributed by atoms with Crippen LogP contribution in [0, 0.1) is 13.8 Å². The normalized spacial score (nSPS) is 10.8. The van der Waals surface area contributed by atoms with Crippen LogP contribution in [0.1, 0.15) is 11.5 Å². The molecule has 0 fully saturated rings. The molecule has 20 heavy (non-hydrogen) atoms. The van der Waals surface area contributed by atoms with Gasteiger partial charge in [-0.25, -0.2) is 9.97 Å². The molecule has 0 bridgehead atoms. The zero-order valence-corrected chi connectivity index (χ0v) is 12.5. The van der Waals surface area contributed by atoms with E-state index < -0.39 is 0 Å². The number of aromatic nitrogens is 6. The maximum atomic E-state index is 4.35. The standard InChI is InChI=1S/C13H11BrN6/c1-8-12(7-15-9(2)16-8)13-17-18-19-20(13)11-5-3-10(14)4-6-11/h3-7H,1-2H3. The quantitative estimate of drug-likeness (QED) is 0.722. The number of halogens is 1. The molecule has 6 nitrogen and oxygen atoms in total. The van der Waals surface area contributed by atoms with Crippen LogP contribution >= 0.6 is 15.9 Å². The summed E-state index contributed by atoms with van der Waals surface area (Å²) < 4.78 is 2.68. The minimum atomic E-state index is 0.629. The van der Waals surface area contributed by atoms with Gasteiger partial charge < -0.3 is 0 Å². The highest BCUT2D eigenvalue weighted by molar-refractivity contribution is 9.10. The van der Waals surface area contributed by atoms with Crippen LogP contribution in [0.25, 0.3) is 17.1 Å². The molecule has 0 aliphatic heterocycles. The van der Waals surface area contributed by atoms with Gasteiger partial charge in [0.05, 0.1) is 16.9 Å². The molecule has 0 atom stereocenters. The minimum Gasteiger partial charge on any atom is -0.241 e. The summed E-state index contributed by atoms with van der Waals surface area (Å²) in [4.78, 5) is 8.57. The predicted octanol–water partition coefficient (Wildman–Crippen LogP) is 2.50. The number of nitrogens with zero attached hydrogens (tertiary/aromatic N) is 6. The third kappa shape index (κ3) is 2.32. The van der Waals surface area contributed by atoms with E-state index >= 15 is 0 Å². The van der Waals surface area contributed by atoms with Crippen molar-refractivity contribution in [3.8, 4) is 17.1 Å². The third-order valence-corrected chi connectivity index (χ3v) is 3.41. The Morgan fingerprint density at radius 3 is 2.55 bits per heavy atom. The second-order valence-corrected chi connectivity index (χ2v) is 5.22. The second kappa shape index (κ2) is 5.09. The van der Waals surface area contributed by atoms with Gasteiger partial charge in [0, 0.05) is 10.7 Å². The smallest absolute Gasteiger partial charge is 0.190 e. The largest absolute Gasteiger partial charge is 0.241 e. The van der Waals surface area contributed by atoms with Gasteiger partial charge in [-0.2, -0.15) is 4.68 Å². The van der Waals surface area contributed by atoms with E-state index in [1.165, 1.54) is 0 Å². The van der Waals surface area contributed by atoms with Crippen molar-refractivity contribution in [2.24, 2.45) is 0 Å². The molecule has 0 aliphatic rings. The number of hydrogen-bond acceptors (Lipinski definition) is 5. The van der Waals surface area contributed by atoms with Crippen molar-refractivity contribution in [1.82, 2.24) is 30.2 Å². The van der Waals surface area contributed by atoms with Crippen LogP contribution in [0.5, 0.6) is 0 Å². The maximum absolute atomic E-state index is 4.35. The van der Waals surface area contributed by atoms with Gasteiger partial charge in [-0.1, -0.05) is 15.9 Å². The first-order valence-electron chi connectivity index (χ1n) is 6.00. The van der Waals surface area contributed by atoms with E-state index in [9.17, 15) is 0 Å². The summed E-state index contributed by atoms with van der Waals surface area (Å²) in [7, 11) is 0. The van der Waals surface area contributed by atoms with E-state index in [0.29, 0.717) is 5.82 Å². The van der Waals surface area contributed by atoms with Crippen molar-refractivity contribution >= 4 is 15.9 Å². The predicted molar refractivity (Wildman–Crippen MR) is 77.4 cm³/mol. The van der Waals surface area contributed by atoms with E-state index in [0.717, 1.165) is 27.2 Å². The molecule has 0 spiro atoms. The monoisotopic (exact) mass is 330 g/mol. The molecule has 3 rings (SSSR count). The van der Waals surface area contributed by atoms with E-state index in [4.69, 9.17) is 0 Å². The lowest BCUT2D eigenvalue weighted by molar-refractivity contribution is 0.790. The van der Waals surface area contributed by atoms with Crippen LogP contribution in [0.2, 0.25) is 0 Å². The van der Waals surface area contributed by atoms with Crippen LogP contribution in [0.15, 0.2) is 34.9 Å². The molecule has 1 aromatic carbocycles. The summed E-state index contributed by atoms with van der Waals surface area (Å²) in [5.41, 5.74) is 2.56. The van der Waals surface area contributed by atoms with Crippen LogP contribution < -0.4 is 0 Å². The minimum absolute atomic E-state index is 0.629. The van der Waals surface area contributed by atoms with E-state index in [2.05, 4.69) is 41.4 Å². The average Bonchev–Trinajstić information content (AvgIpc) is 2.88. The average molecular weight is 331 g/mol. The molecule has 7 heteroatoms. The molecule has 2 heterocycles. The number of hydrogen-bond donors (Lipinski definition) is 0. The summed E-state index contributed by atoms with van der Waals surface area (Å²) in [5.74, 6) is 1.36. The molecular weight excluding hydrogens is 320 g/mol. The third-order valence-electron chi connectivity index (χ3n) is 2.88. The summed E-state index contributed by atoms with van der Waals surface area (Å²) in [6, 6.07) is 7.77. The number of aryl methyl sites for hydroxylation is 2.